The molecule has 0 aromatic heterocycles. The van der Waals surface area contributed by atoms with Crippen LogP contribution in [0.4, 0.5) is 0 Å². The fraction of sp³-hybridized carbons (Fsp3) is 0.444. The first kappa shape index (κ1) is 18.7. The molecule has 1 aromatic carbocycles. The molecule has 5 nitrogen and oxygen atoms in total. The Morgan fingerprint density at radius 2 is 1.83 bits per heavy atom. The van der Waals surface area contributed by atoms with Crippen LogP contribution < -0.4 is 10.1 Å². The van der Waals surface area contributed by atoms with Crippen LogP contribution in [0.3, 0.4) is 0 Å². The SMILES string of the molecule is CCCOc1ccc(/C=C/C(=O)NCC(=O)OC(C)(C)C)cc1. The zero-order valence-corrected chi connectivity index (χ0v) is 14.2. The highest BCUT2D eigenvalue weighted by molar-refractivity contribution is 5.93. The number of carbonyl (C=O) groups is 2. The van der Waals surface area contributed by atoms with Crippen LogP contribution in [-0.2, 0) is 14.3 Å². The van der Waals surface area contributed by atoms with E-state index in [1.165, 1.54) is 6.08 Å². The van der Waals surface area contributed by atoms with Crippen molar-refractivity contribution in [2.45, 2.75) is 39.7 Å². The quantitative estimate of drug-likeness (QED) is 0.620. The number of nitrogens with one attached hydrogen (secondary N) is 1. The zero-order valence-electron chi connectivity index (χ0n) is 14.2. The van der Waals surface area contributed by atoms with Gasteiger partial charge in [-0.2, -0.15) is 0 Å². The van der Waals surface area contributed by atoms with Gasteiger partial charge in [0, 0.05) is 6.08 Å². The number of benzene rings is 1. The zero-order chi connectivity index (χ0) is 17.3. The molecule has 0 saturated carbocycles. The van der Waals surface area contributed by atoms with Gasteiger partial charge in [0.25, 0.3) is 0 Å². The molecule has 1 aromatic rings. The van der Waals surface area contributed by atoms with Crippen molar-refractivity contribution < 1.29 is 19.1 Å². The monoisotopic (exact) mass is 319 g/mol. The van der Waals surface area contributed by atoms with Crippen molar-refractivity contribution in [2.24, 2.45) is 0 Å². The van der Waals surface area contributed by atoms with Crippen molar-refractivity contribution in [1.29, 1.82) is 0 Å². The van der Waals surface area contributed by atoms with Crippen molar-refractivity contribution >= 4 is 18.0 Å². The lowest BCUT2D eigenvalue weighted by Crippen LogP contribution is -2.33. The topological polar surface area (TPSA) is 64.6 Å². The minimum atomic E-state index is -0.556. The molecule has 0 atom stereocenters. The molecule has 0 heterocycles. The van der Waals surface area contributed by atoms with Gasteiger partial charge in [0.1, 0.15) is 17.9 Å². The Kier molecular flexibility index (Phi) is 7.32. The average Bonchev–Trinajstić information content (AvgIpc) is 2.48. The Balaban J connectivity index is 2.41. The van der Waals surface area contributed by atoms with Crippen molar-refractivity contribution in [1.82, 2.24) is 5.32 Å². The second-order valence-corrected chi connectivity index (χ2v) is 6.06. The molecule has 0 spiro atoms. The Bertz CT molecular complexity index is 541. The van der Waals surface area contributed by atoms with Crippen molar-refractivity contribution in [3.8, 4) is 5.75 Å². The molecule has 0 fully saturated rings. The van der Waals surface area contributed by atoms with E-state index in [9.17, 15) is 9.59 Å². The number of hydrogen-bond donors (Lipinski definition) is 1. The fourth-order valence-corrected chi connectivity index (χ4v) is 1.66. The molecule has 1 rings (SSSR count). The number of rotatable bonds is 7. The molecule has 0 bridgehead atoms. The van der Waals surface area contributed by atoms with E-state index in [2.05, 4.69) is 5.32 Å². The maximum Gasteiger partial charge on any atom is 0.325 e. The van der Waals surface area contributed by atoms with Crippen LogP contribution in [0.1, 0.15) is 39.7 Å². The smallest absolute Gasteiger partial charge is 0.325 e. The number of esters is 1. The minimum Gasteiger partial charge on any atom is -0.494 e. The number of carbonyl (C=O) groups excluding carboxylic acids is 2. The molecule has 0 saturated heterocycles. The first-order valence-electron chi connectivity index (χ1n) is 7.71. The number of hydrogen-bond acceptors (Lipinski definition) is 4. The molecule has 0 unspecified atom stereocenters. The summed E-state index contributed by atoms with van der Waals surface area (Å²) >= 11 is 0. The largest absolute Gasteiger partial charge is 0.494 e. The Labute approximate surface area is 137 Å². The highest BCUT2D eigenvalue weighted by Gasteiger charge is 2.16. The second kappa shape index (κ2) is 8.98. The molecular formula is C18H25NO4. The summed E-state index contributed by atoms with van der Waals surface area (Å²) in [7, 11) is 0. The summed E-state index contributed by atoms with van der Waals surface area (Å²) in [5.41, 5.74) is 0.320. The Morgan fingerprint density at radius 3 is 2.39 bits per heavy atom. The summed E-state index contributed by atoms with van der Waals surface area (Å²) in [6.07, 6.45) is 4.01. The third-order valence-corrected chi connectivity index (χ3v) is 2.61. The predicted octanol–water partition coefficient (Wildman–Crippen LogP) is 2.95. The van der Waals surface area contributed by atoms with E-state index in [0.717, 1.165) is 17.7 Å². The van der Waals surface area contributed by atoms with E-state index in [0.29, 0.717) is 6.61 Å². The lowest BCUT2D eigenvalue weighted by atomic mass is 10.2. The minimum absolute atomic E-state index is 0.149. The molecule has 126 valence electrons. The summed E-state index contributed by atoms with van der Waals surface area (Å²) in [6.45, 7) is 7.92. The van der Waals surface area contributed by atoms with Gasteiger partial charge in [-0.15, -0.1) is 0 Å². The van der Waals surface area contributed by atoms with Gasteiger partial charge in [0.15, 0.2) is 0 Å². The van der Waals surface area contributed by atoms with E-state index < -0.39 is 11.6 Å². The first-order chi connectivity index (χ1) is 10.8. The average molecular weight is 319 g/mol. The molecule has 1 N–H and O–H groups in total. The second-order valence-electron chi connectivity index (χ2n) is 6.06. The van der Waals surface area contributed by atoms with Gasteiger partial charge in [-0.25, -0.2) is 0 Å². The van der Waals surface area contributed by atoms with Crippen molar-refractivity contribution in [3.05, 3.63) is 35.9 Å². The summed E-state index contributed by atoms with van der Waals surface area (Å²) in [6, 6.07) is 7.44. The van der Waals surface area contributed by atoms with Gasteiger partial charge in [0.05, 0.1) is 6.61 Å². The third kappa shape index (κ3) is 8.66. The Hall–Kier alpha value is -2.30. The van der Waals surface area contributed by atoms with Gasteiger partial charge < -0.3 is 14.8 Å². The number of amides is 1. The van der Waals surface area contributed by atoms with Crippen LogP contribution >= 0.6 is 0 Å². The molecule has 23 heavy (non-hydrogen) atoms. The van der Waals surface area contributed by atoms with Crippen LogP contribution in [0.5, 0.6) is 5.75 Å². The number of ether oxygens (including phenoxy) is 2. The van der Waals surface area contributed by atoms with Crippen LogP contribution in [0, 0.1) is 0 Å². The Morgan fingerprint density at radius 1 is 1.17 bits per heavy atom. The van der Waals surface area contributed by atoms with Crippen molar-refractivity contribution in [2.75, 3.05) is 13.2 Å². The molecule has 0 aliphatic carbocycles. The fourth-order valence-electron chi connectivity index (χ4n) is 1.66. The van der Waals surface area contributed by atoms with Gasteiger partial charge >= 0.3 is 5.97 Å². The lowest BCUT2D eigenvalue weighted by molar-refractivity contribution is -0.154. The van der Waals surface area contributed by atoms with Crippen LogP contribution in [0.15, 0.2) is 30.3 Å². The molecule has 1 amide bonds. The van der Waals surface area contributed by atoms with Gasteiger partial charge in [-0.1, -0.05) is 19.1 Å². The molecule has 5 heteroatoms. The lowest BCUT2D eigenvalue weighted by Gasteiger charge is -2.19. The van der Waals surface area contributed by atoms with E-state index in [-0.39, 0.29) is 12.5 Å². The van der Waals surface area contributed by atoms with Crippen LogP contribution in [0.25, 0.3) is 6.08 Å². The van der Waals surface area contributed by atoms with E-state index in [4.69, 9.17) is 9.47 Å². The van der Waals surface area contributed by atoms with Gasteiger partial charge in [-0.05, 0) is 51.0 Å². The molecule has 0 aliphatic rings. The van der Waals surface area contributed by atoms with E-state index in [1.54, 1.807) is 26.8 Å². The highest BCUT2D eigenvalue weighted by atomic mass is 16.6. The summed E-state index contributed by atoms with van der Waals surface area (Å²) in [5, 5.41) is 2.49. The standard InChI is InChI=1S/C18H25NO4/c1-5-12-22-15-9-6-14(7-10-15)8-11-16(20)19-13-17(21)23-18(2,3)4/h6-11H,5,12-13H2,1-4H3,(H,19,20)/b11-8+. The highest BCUT2D eigenvalue weighted by Crippen LogP contribution is 2.13. The van der Waals surface area contributed by atoms with Gasteiger partial charge in [0.2, 0.25) is 5.91 Å². The van der Waals surface area contributed by atoms with Crippen molar-refractivity contribution in [3.63, 3.8) is 0 Å². The molecular weight excluding hydrogens is 294 g/mol. The van der Waals surface area contributed by atoms with Crippen LogP contribution in [0.2, 0.25) is 0 Å². The first-order valence-corrected chi connectivity index (χ1v) is 7.71. The molecule has 0 radical (unpaired) electrons. The normalized spacial score (nSPS) is 11.3. The maximum absolute atomic E-state index is 11.7. The van der Waals surface area contributed by atoms with Crippen LogP contribution in [-0.4, -0.2) is 30.6 Å². The summed E-state index contributed by atoms with van der Waals surface area (Å²) in [5.74, 6) is -0.00257. The summed E-state index contributed by atoms with van der Waals surface area (Å²) in [4.78, 5) is 23.2. The summed E-state index contributed by atoms with van der Waals surface area (Å²) < 4.78 is 10.6. The predicted molar refractivity (Wildman–Crippen MR) is 90.1 cm³/mol. The van der Waals surface area contributed by atoms with Gasteiger partial charge in [-0.3, -0.25) is 9.59 Å². The third-order valence-electron chi connectivity index (χ3n) is 2.61. The van der Waals surface area contributed by atoms with E-state index >= 15 is 0 Å². The maximum atomic E-state index is 11.7. The molecule has 0 aliphatic heterocycles. The van der Waals surface area contributed by atoms with E-state index in [1.807, 2.05) is 31.2 Å².